The quantitative estimate of drug-likeness (QED) is 0.594. The van der Waals surface area contributed by atoms with Gasteiger partial charge in [-0.25, -0.2) is 0 Å². The Balaban J connectivity index is 1.35. The van der Waals surface area contributed by atoms with Crippen molar-refractivity contribution in [3.8, 4) is 22.9 Å². The molecule has 6 heteroatoms. The number of carbonyl (C=O) groups is 1. The topological polar surface area (TPSA) is 52.9 Å². The number of methoxy groups -OCH3 is 1. The van der Waals surface area contributed by atoms with Crippen LogP contribution < -0.4 is 14.2 Å². The highest BCUT2D eigenvalue weighted by atomic mass is 16.5. The van der Waals surface area contributed by atoms with Gasteiger partial charge in [-0.1, -0.05) is 12.1 Å². The normalized spacial score (nSPS) is 16.3. The first-order chi connectivity index (χ1) is 15.5. The third-order valence-electron chi connectivity index (χ3n) is 6.28. The minimum absolute atomic E-state index is 0.000777. The Labute approximate surface area is 188 Å². The summed E-state index contributed by atoms with van der Waals surface area (Å²) in [4.78, 5) is 15.2. The van der Waals surface area contributed by atoms with Gasteiger partial charge in [-0.2, -0.15) is 0 Å². The van der Waals surface area contributed by atoms with Crippen LogP contribution in [-0.2, 0) is 5.60 Å². The first-order valence-corrected chi connectivity index (χ1v) is 11.1. The van der Waals surface area contributed by atoms with Gasteiger partial charge in [-0.3, -0.25) is 4.79 Å². The summed E-state index contributed by atoms with van der Waals surface area (Å²) < 4.78 is 20.0. The lowest BCUT2D eigenvalue weighted by Gasteiger charge is -2.45. The molecule has 0 unspecified atom stereocenters. The number of hydrogen-bond donors (Lipinski definition) is 0. The average Bonchev–Trinajstić information content (AvgIpc) is 3.31. The highest BCUT2D eigenvalue weighted by Gasteiger charge is 2.44. The van der Waals surface area contributed by atoms with Crippen LogP contribution in [0.25, 0.3) is 5.69 Å². The fourth-order valence-corrected chi connectivity index (χ4v) is 4.73. The second kappa shape index (κ2) is 7.93. The number of amides is 1. The van der Waals surface area contributed by atoms with Crippen LogP contribution in [0.4, 0.5) is 0 Å². The van der Waals surface area contributed by atoms with Crippen molar-refractivity contribution < 1.29 is 19.0 Å². The third kappa shape index (κ3) is 3.40. The van der Waals surface area contributed by atoms with Crippen LogP contribution in [0, 0.1) is 0 Å². The summed E-state index contributed by atoms with van der Waals surface area (Å²) in [5.74, 6) is 2.11. The number of para-hydroxylation sites is 2. The summed E-state index contributed by atoms with van der Waals surface area (Å²) in [6, 6.07) is 17.7. The van der Waals surface area contributed by atoms with Crippen LogP contribution in [0.15, 0.2) is 60.8 Å². The molecule has 1 spiro atoms. The summed E-state index contributed by atoms with van der Waals surface area (Å²) in [7, 11) is 1.59. The van der Waals surface area contributed by atoms with Gasteiger partial charge in [0.05, 0.1) is 24.6 Å². The first-order valence-electron chi connectivity index (χ1n) is 11.1. The van der Waals surface area contributed by atoms with Crippen molar-refractivity contribution in [2.75, 3.05) is 20.2 Å². The van der Waals surface area contributed by atoms with Crippen LogP contribution in [0.2, 0.25) is 0 Å². The number of hydrogen-bond acceptors (Lipinski definition) is 4. The summed E-state index contributed by atoms with van der Waals surface area (Å²) in [5, 5.41) is 0. The zero-order valence-electron chi connectivity index (χ0n) is 18.7. The molecule has 2 aliphatic rings. The Hall–Kier alpha value is -3.41. The van der Waals surface area contributed by atoms with Crippen molar-refractivity contribution in [2.24, 2.45) is 0 Å². The molecular weight excluding hydrogens is 404 g/mol. The van der Waals surface area contributed by atoms with Crippen molar-refractivity contribution in [1.29, 1.82) is 0 Å². The van der Waals surface area contributed by atoms with Gasteiger partial charge in [0.1, 0.15) is 5.75 Å². The number of rotatable bonds is 4. The molecule has 1 saturated heterocycles. The number of aromatic nitrogens is 1. The number of nitrogens with zero attached hydrogens (tertiary/aromatic N) is 2. The maximum Gasteiger partial charge on any atom is 0.253 e. The largest absolute Gasteiger partial charge is 0.493 e. The predicted molar refractivity (Wildman–Crippen MR) is 122 cm³/mol. The molecule has 2 aliphatic heterocycles. The zero-order valence-corrected chi connectivity index (χ0v) is 18.7. The van der Waals surface area contributed by atoms with E-state index in [1.807, 2.05) is 49.1 Å². The van der Waals surface area contributed by atoms with E-state index in [1.54, 1.807) is 13.2 Å². The molecule has 0 bridgehead atoms. The lowest BCUT2D eigenvalue weighted by atomic mass is 9.86. The molecule has 0 atom stereocenters. The lowest BCUT2D eigenvalue weighted by Crippen LogP contribution is -2.50. The highest BCUT2D eigenvalue weighted by molar-refractivity contribution is 5.95. The van der Waals surface area contributed by atoms with E-state index >= 15 is 0 Å². The van der Waals surface area contributed by atoms with Crippen molar-refractivity contribution in [2.45, 2.75) is 38.4 Å². The summed E-state index contributed by atoms with van der Waals surface area (Å²) in [5.41, 5.74) is 2.40. The van der Waals surface area contributed by atoms with Gasteiger partial charge in [-0.05, 0) is 56.3 Å². The van der Waals surface area contributed by atoms with Gasteiger partial charge < -0.3 is 23.7 Å². The fraction of sp³-hybridized carbons (Fsp3) is 0.346. The third-order valence-corrected chi connectivity index (χ3v) is 6.28. The van der Waals surface area contributed by atoms with E-state index in [0.717, 1.165) is 30.0 Å². The monoisotopic (exact) mass is 432 g/mol. The second-order valence-corrected chi connectivity index (χ2v) is 8.65. The van der Waals surface area contributed by atoms with Crippen molar-refractivity contribution in [3.63, 3.8) is 0 Å². The van der Waals surface area contributed by atoms with Crippen LogP contribution >= 0.6 is 0 Å². The van der Waals surface area contributed by atoms with E-state index in [-0.39, 0.29) is 12.0 Å². The Bertz CT molecular complexity index is 1140. The fourth-order valence-electron chi connectivity index (χ4n) is 4.73. The van der Waals surface area contributed by atoms with E-state index < -0.39 is 5.60 Å². The van der Waals surface area contributed by atoms with E-state index in [9.17, 15) is 4.79 Å². The molecule has 1 fully saturated rings. The molecule has 166 valence electrons. The maximum absolute atomic E-state index is 13.3. The molecule has 32 heavy (non-hydrogen) atoms. The number of carbonyl (C=O) groups excluding carboxylic acids is 1. The van der Waals surface area contributed by atoms with Crippen LogP contribution in [-0.4, -0.2) is 41.7 Å². The van der Waals surface area contributed by atoms with Gasteiger partial charge in [0.2, 0.25) is 0 Å². The molecule has 0 aliphatic carbocycles. The Morgan fingerprint density at radius 2 is 1.81 bits per heavy atom. The van der Waals surface area contributed by atoms with E-state index in [0.29, 0.717) is 30.2 Å². The smallest absolute Gasteiger partial charge is 0.253 e. The summed E-state index contributed by atoms with van der Waals surface area (Å²) in [6.07, 6.45) is 3.59. The summed E-state index contributed by atoms with van der Waals surface area (Å²) >= 11 is 0. The van der Waals surface area contributed by atoms with Gasteiger partial charge in [0.15, 0.2) is 17.1 Å². The standard InChI is InChI=1S/C26H28N2O4/c1-18(2)31-22-11-10-19(17-23(22)30-3)25(29)27-15-12-26(13-16-27)24-9-6-14-28(24)20-7-4-5-8-21(20)32-26/h4-11,14,17-18H,12-13,15-16H2,1-3H3. The molecule has 2 aromatic carbocycles. The molecule has 3 heterocycles. The van der Waals surface area contributed by atoms with Gasteiger partial charge in [0.25, 0.3) is 5.91 Å². The number of benzene rings is 2. The van der Waals surface area contributed by atoms with Crippen molar-refractivity contribution in [3.05, 3.63) is 72.1 Å². The van der Waals surface area contributed by atoms with E-state index in [2.05, 4.69) is 29.0 Å². The van der Waals surface area contributed by atoms with Crippen molar-refractivity contribution >= 4 is 5.91 Å². The van der Waals surface area contributed by atoms with Crippen LogP contribution in [0.1, 0.15) is 42.7 Å². The molecule has 1 aromatic heterocycles. The molecule has 0 saturated carbocycles. The van der Waals surface area contributed by atoms with Gasteiger partial charge in [0, 0.05) is 37.7 Å². The van der Waals surface area contributed by atoms with Gasteiger partial charge in [-0.15, -0.1) is 0 Å². The Morgan fingerprint density at radius 1 is 1.03 bits per heavy atom. The minimum atomic E-state index is -0.415. The molecular formula is C26H28N2O4. The molecule has 1 amide bonds. The minimum Gasteiger partial charge on any atom is -0.493 e. The Kier molecular flexibility index (Phi) is 5.08. The molecule has 3 aromatic rings. The molecule has 0 N–H and O–H groups in total. The van der Waals surface area contributed by atoms with Crippen LogP contribution in [0.3, 0.4) is 0 Å². The van der Waals surface area contributed by atoms with Crippen molar-refractivity contribution in [1.82, 2.24) is 9.47 Å². The number of likely N-dealkylation sites (tertiary alicyclic amines) is 1. The van der Waals surface area contributed by atoms with E-state index in [1.165, 1.54) is 0 Å². The SMILES string of the molecule is COc1cc(C(=O)N2CCC3(CC2)Oc2ccccc2-n2cccc23)ccc1OC(C)C. The molecule has 6 nitrogen and oxygen atoms in total. The molecule has 0 radical (unpaired) electrons. The first kappa shape index (κ1) is 20.5. The number of ether oxygens (including phenoxy) is 3. The number of fused-ring (bicyclic) bond motifs is 4. The molecule has 5 rings (SSSR count). The highest BCUT2D eigenvalue weighted by Crippen LogP contribution is 2.45. The Morgan fingerprint density at radius 3 is 2.56 bits per heavy atom. The van der Waals surface area contributed by atoms with Gasteiger partial charge >= 0.3 is 0 Å². The number of piperidine rings is 1. The predicted octanol–water partition coefficient (Wildman–Crippen LogP) is 4.80. The second-order valence-electron chi connectivity index (χ2n) is 8.65. The average molecular weight is 433 g/mol. The van der Waals surface area contributed by atoms with Crippen LogP contribution in [0.5, 0.6) is 17.2 Å². The zero-order chi connectivity index (χ0) is 22.3. The summed E-state index contributed by atoms with van der Waals surface area (Å²) in [6.45, 7) is 5.17. The lowest BCUT2D eigenvalue weighted by molar-refractivity contribution is -0.00931. The van der Waals surface area contributed by atoms with E-state index in [4.69, 9.17) is 14.2 Å². The maximum atomic E-state index is 13.3.